The van der Waals surface area contributed by atoms with E-state index in [1.165, 1.54) is 12.8 Å². The van der Waals surface area contributed by atoms with Gasteiger partial charge in [-0.2, -0.15) is 0 Å². The van der Waals surface area contributed by atoms with Crippen LogP contribution in [0.1, 0.15) is 31.7 Å². The second kappa shape index (κ2) is 5.93. The Bertz CT molecular complexity index is 554. The van der Waals surface area contributed by atoms with Crippen molar-refractivity contribution < 1.29 is 9.53 Å². The van der Waals surface area contributed by atoms with Gasteiger partial charge in [-0.05, 0) is 49.8 Å². The van der Waals surface area contributed by atoms with Gasteiger partial charge in [-0.3, -0.25) is 4.79 Å². The summed E-state index contributed by atoms with van der Waals surface area (Å²) in [4.78, 5) is 14.7. The highest BCUT2D eigenvalue weighted by Gasteiger charge is 2.58. The molecule has 2 aliphatic rings. The van der Waals surface area contributed by atoms with Crippen molar-refractivity contribution in [2.24, 2.45) is 11.8 Å². The van der Waals surface area contributed by atoms with Crippen molar-refractivity contribution in [2.75, 3.05) is 7.11 Å². The van der Waals surface area contributed by atoms with Gasteiger partial charge in [-0.1, -0.05) is 12.1 Å². The third-order valence-corrected chi connectivity index (χ3v) is 5.55. The summed E-state index contributed by atoms with van der Waals surface area (Å²) >= 11 is 12.2. The number of hydrogen-bond acceptors (Lipinski definition) is 2. The molecule has 0 N–H and O–H groups in total. The number of nitrogens with zero attached hydrogens (tertiary/aromatic N) is 1. The molecule has 3 nitrogen and oxygen atoms in total. The van der Waals surface area contributed by atoms with E-state index < -0.39 is 4.33 Å². The topological polar surface area (TPSA) is 29.5 Å². The summed E-state index contributed by atoms with van der Waals surface area (Å²) in [5.74, 6) is 1.26. The molecule has 2 unspecified atom stereocenters. The Hall–Kier alpha value is -0.930. The lowest BCUT2D eigenvalue weighted by atomic mass is 10.1. The van der Waals surface area contributed by atoms with E-state index in [1.54, 1.807) is 7.11 Å². The van der Waals surface area contributed by atoms with Crippen LogP contribution in [0.2, 0.25) is 0 Å². The van der Waals surface area contributed by atoms with Crippen LogP contribution in [0.4, 0.5) is 0 Å². The first-order chi connectivity index (χ1) is 10.4. The number of rotatable bonds is 6. The van der Waals surface area contributed by atoms with Crippen molar-refractivity contribution in [1.82, 2.24) is 4.90 Å². The van der Waals surface area contributed by atoms with Gasteiger partial charge < -0.3 is 9.64 Å². The molecule has 5 heteroatoms. The number of benzene rings is 1. The van der Waals surface area contributed by atoms with Crippen LogP contribution in [0.15, 0.2) is 24.3 Å². The van der Waals surface area contributed by atoms with Crippen molar-refractivity contribution >= 4 is 29.1 Å². The summed E-state index contributed by atoms with van der Waals surface area (Å²) in [6, 6.07) is 8.08. The molecule has 0 saturated heterocycles. The summed E-state index contributed by atoms with van der Waals surface area (Å²) < 4.78 is 4.31. The monoisotopic (exact) mass is 341 g/mol. The van der Waals surface area contributed by atoms with Crippen LogP contribution in [0.3, 0.4) is 0 Å². The van der Waals surface area contributed by atoms with E-state index >= 15 is 0 Å². The molecule has 0 bridgehead atoms. The average Bonchev–Trinajstić information content (AvgIpc) is 3.41. The van der Waals surface area contributed by atoms with Crippen molar-refractivity contribution in [3.05, 3.63) is 29.8 Å². The Kier molecular flexibility index (Phi) is 4.30. The van der Waals surface area contributed by atoms with E-state index in [9.17, 15) is 4.79 Å². The van der Waals surface area contributed by atoms with Crippen LogP contribution < -0.4 is 4.74 Å². The van der Waals surface area contributed by atoms with Gasteiger partial charge in [0.05, 0.1) is 13.0 Å². The number of halogens is 2. The third-order valence-electron chi connectivity index (χ3n) is 4.71. The Morgan fingerprint density at radius 3 is 2.41 bits per heavy atom. The molecule has 0 radical (unpaired) electrons. The van der Waals surface area contributed by atoms with Crippen LogP contribution >= 0.6 is 23.2 Å². The molecule has 2 atom stereocenters. The fraction of sp³-hybridized carbons (Fsp3) is 0.588. The minimum atomic E-state index is -0.863. The van der Waals surface area contributed by atoms with Crippen molar-refractivity contribution in [1.29, 1.82) is 0 Å². The predicted octanol–water partition coefficient (Wildman–Crippen LogP) is 4.02. The third kappa shape index (κ3) is 3.36. The normalized spacial score (nSPS) is 23.7. The number of alkyl halides is 2. The number of ether oxygens (including phenoxy) is 1. The smallest absolute Gasteiger partial charge is 0.229 e. The molecular formula is C17H21Cl2NO2. The maximum atomic E-state index is 12.8. The largest absolute Gasteiger partial charge is 0.497 e. The Morgan fingerprint density at radius 2 is 1.95 bits per heavy atom. The summed E-state index contributed by atoms with van der Waals surface area (Å²) in [6.45, 7) is 2.73. The van der Waals surface area contributed by atoms with Gasteiger partial charge in [-0.15, -0.1) is 23.2 Å². The van der Waals surface area contributed by atoms with E-state index in [2.05, 4.69) is 6.92 Å². The van der Waals surface area contributed by atoms with Crippen molar-refractivity contribution in [2.45, 2.75) is 43.1 Å². The Morgan fingerprint density at radius 1 is 1.36 bits per heavy atom. The van der Waals surface area contributed by atoms with E-state index in [4.69, 9.17) is 27.9 Å². The summed E-state index contributed by atoms with van der Waals surface area (Å²) in [5, 5.41) is 0. The maximum Gasteiger partial charge on any atom is 0.229 e. The van der Waals surface area contributed by atoms with Crippen LogP contribution in [-0.2, 0) is 11.3 Å². The molecule has 0 spiro atoms. The molecule has 0 aromatic heterocycles. The molecule has 1 amide bonds. The molecule has 0 heterocycles. The minimum absolute atomic E-state index is 0.0835. The fourth-order valence-electron chi connectivity index (χ4n) is 2.86. The Balaban J connectivity index is 1.74. The van der Waals surface area contributed by atoms with Gasteiger partial charge in [0.1, 0.15) is 10.1 Å². The van der Waals surface area contributed by atoms with Gasteiger partial charge in [0.15, 0.2) is 0 Å². The zero-order chi connectivity index (χ0) is 15.9. The molecule has 2 saturated carbocycles. The first-order valence-electron chi connectivity index (χ1n) is 7.73. The van der Waals surface area contributed by atoms with E-state index in [0.29, 0.717) is 18.9 Å². The van der Waals surface area contributed by atoms with Crippen molar-refractivity contribution in [3.8, 4) is 5.75 Å². The molecule has 1 aromatic rings. The van der Waals surface area contributed by atoms with E-state index in [0.717, 1.165) is 11.3 Å². The van der Waals surface area contributed by atoms with Crippen LogP contribution in [0.5, 0.6) is 5.75 Å². The van der Waals surface area contributed by atoms with Crippen LogP contribution in [-0.4, -0.2) is 28.3 Å². The number of amides is 1. The molecule has 1 aromatic carbocycles. The first kappa shape index (κ1) is 15.9. The summed E-state index contributed by atoms with van der Waals surface area (Å²) in [6.07, 6.45) is 2.96. The number of hydrogen-bond donors (Lipinski definition) is 0. The molecule has 3 rings (SSSR count). The summed E-state index contributed by atoms with van der Waals surface area (Å²) in [7, 11) is 1.65. The lowest BCUT2D eigenvalue weighted by molar-refractivity contribution is -0.135. The zero-order valence-electron chi connectivity index (χ0n) is 12.9. The molecule has 2 fully saturated rings. The number of methoxy groups -OCH3 is 1. The molecule has 120 valence electrons. The summed E-state index contributed by atoms with van der Waals surface area (Å²) in [5.41, 5.74) is 1.09. The van der Waals surface area contributed by atoms with Gasteiger partial charge in [0.2, 0.25) is 5.91 Å². The standard InChI is InChI=1S/C17H21Cl2NO2/c1-11(13-5-6-13)20(16(21)15-9-17(15,18)19)10-12-3-7-14(22-2)8-4-12/h3-4,7-8,11,13,15H,5-6,9-10H2,1-2H3. The quantitative estimate of drug-likeness (QED) is 0.731. The predicted molar refractivity (Wildman–Crippen MR) is 88.3 cm³/mol. The number of carbonyl (C=O) groups is 1. The first-order valence-corrected chi connectivity index (χ1v) is 8.49. The van der Waals surface area contributed by atoms with Crippen molar-refractivity contribution in [3.63, 3.8) is 0 Å². The zero-order valence-corrected chi connectivity index (χ0v) is 14.4. The van der Waals surface area contributed by atoms with E-state index in [-0.39, 0.29) is 17.9 Å². The second-order valence-corrected chi connectivity index (χ2v) is 7.95. The second-order valence-electron chi connectivity index (χ2n) is 6.41. The number of carbonyl (C=O) groups excluding carboxylic acids is 1. The lowest BCUT2D eigenvalue weighted by Crippen LogP contribution is -2.41. The molecular weight excluding hydrogens is 321 g/mol. The van der Waals surface area contributed by atoms with Gasteiger partial charge in [0, 0.05) is 12.6 Å². The highest BCUT2D eigenvalue weighted by molar-refractivity contribution is 6.52. The van der Waals surface area contributed by atoms with Crippen LogP contribution in [0.25, 0.3) is 0 Å². The van der Waals surface area contributed by atoms with Gasteiger partial charge >= 0.3 is 0 Å². The highest BCUT2D eigenvalue weighted by atomic mass is 35.5. The average molecular weight is 342 g/mol. The molecule has 0 aliphatic heterocycles. The molecule has 2 aliphatic carbocycles. The maximum absolute atomic E-state index is 12.8. The van der Waals surface area contributed by atoms with Gasteiger partial charge in [-0.25, -0.2) is 0 Å². The fourth-order valence-corrected chi connectivity index (χ4v) is 3.36. The lowest BCUT2D eigenvalue weighted by Gasteiger charge is -2.30. The Labute approximate surface area is 141 Å². The SMILES string of the molecule is COc1ccc(CN(C(=O)C2CC2(Cl)Cl)C(C)C2CC2)cc1. The molecule has 22 heavy (non-hydrogen) atoms. The van der Waals surface area contributed by atoms with Gasteiger partial charge in [0.25, 0.3) is 0 Å². The van der Waals surface area contributed by atoms with E-state index in [1.807, 2.05) is 29.2 Å². The highest BCUT2D eigenvalue weighted by Crippen LogP contribution is 2.54. The van der Waals surface area contributed by atoms with Crippen LogP contribution in [0, 0.1) is 11.8 Å². The minimum Gasteiger partial charge on any atom is -0.497 e.